The van der Waals surface area contributed by atoms with Gasteiger partial charge in [0.15, 0.2) is 0 Å². The fourth-order valence-corrected chi connectivity index (χ4v) is 7.27. The number of cyclic esters (lactones) is 1. The largest absolute Gasteiger partial charge is 0.455 e. The number of unbranched alkanes of at least 4 members (excludes halogenated alkanes) is 12. The molecule has 2 saturated heterocycles. The third-order valence-electron chi connectivity index (χ3n) is 10.2. The molecule has 0 aromatic heterocycles. The fraction of sp³-hybridized carbons (Fsp3) is 0.919. The van der Waals surface area contributed by atoms with Gasteiger partial charge in [0.1, 0.15) is 12.2 Å². The van der Waals surface area contributed by atoms with E-state index in [9.17, 15) is 25.2 Å². The number of aliphatic hydroxyl groups excluding tert-OH is 4. The zero-order valence-corrected chi connectivity index (χ0v) is 28.5. The molecule has 0 saturated carbocycles. The van der Waals surface area contributed by atoms with E-state index in [1.54, 1.807) is 0 Å². The summed E-state index contributed by atoms with van der Waals surface area (Å²) in [7, 11) is 0. The second kappa shape index (κ2) is 21.8. The molecule has 0 aliphatic carbocycles. The molecule has 9 atom stereocenters. The molecule has 1 unspecified atom stereocenters. The van der Waals surface area contributed by atoms with Gasteiger partial charge >= 0.3 is 5.97 Å². The molecule has 0 aromatic rings. The molecule has 8 heteroatoms. The maximum atomic E-state index is 11.6. The first kappa shape index (κ1) is 38.4. The number of hydrogen-bond donors (Lipinski definition) is 4. The van der Waals surface area contributed by atoms with E-state index in [1.165, 1.54) is 70.6 Å². The summed E-state index contributed by atoms with van der Waals surface area (Å²) < 4.78 is 17.2. The van der Waals surface area contributed by atoms with Crippen LogP contribution in [0.1, 0.15) is 162 Å². The lowest BCUT2D eigenvalue weighted by molar-refractivity contribution is -0.139. The van der Waals surface area contributed by atoms with Gasteiger partial charge in [-0.25, -0.2) is 4.79 Å². The van der Waals surface area contributed by atoms with Crippen LogP contribution in [-0.4, -0.2) is 81.3 Å². The highest BCUT2D eigenvalue weighted by Gasteiger charge is 2.38. The Morgan fingerprint density at radius 1 is 0.689 bits per heavy atom. The molecule has 3 aliphatic rings. The summed E-state index contributed by atoms with van der Waals surface area (Å²) in [4.78, 5) is 11.6. The van der Waals surface area contributed by atoms with Crippen molar-refractivity contribution in [2.75, 3.05) is 0 Å². The summed E-state index contributed by atoms with van der Waals surface area (Å²) in [6.07, 6.45) is 21.8. The summed E-state index contributed by atoms with van der Waals surface area (Å²) >= 11 is 0. The van der Waals surface area contributed by atoms with Crippen molar-refractivity contribution in [2.24, 2.45) is 0 Å². The van der Waals surface area contributed by atoms with Gasteiger partial charge in [-0.05, 0) is 77.2 Å². The van der Waals surface area contributed by atoms with Crippen LogP contribution in [0.2, 0.25) is 0 Å². The lowest BCUT2D eigenvalue weighted by Gasteiger charge is -2.26. The standard InChI is InChI=1S/C37H66O8/c1-3-4-19-32(40)36(41)35-25-24-34(45-35)31(39)22-21-30(38)33-23-20-29(44-33)18-16-14-12-10-8-6-5-7-9-11-13-15-17-28-26-27(2)43-37(28)42/h26-27,29-36,38-41H,3-25H2,1-2H3/t27-,29-,30-,31-,32?,33-,34-,35-,36+/m0/s1. The summed E-state index contributed by atoms with van der Waals surface area (Å²) in [5.74, 6) is -0.119. The smallest absolute Gasteiger partial charge is 0.334 e. The Kier molecular flexibility index (Phi) is 18.6. The van der Waals surface area contributed by atoms with Gasteiger partial charge < -0.3 is 34.6 Å². The monoisotopic (exact) mass is 638 g/mol. The van der Waals surface area contributed by atoms with Crippen molar-refractivity contribution < 1.29 is 39.4 Å². The van der Waals surface area contributed by atoms with Crippen LogP contribution in [0.25, 0.3) is 0 Å². The Bertz CT molecular complexity index is 833. The van der Waals surface area contributed by atoms with Crippen molar-refractivity contribution in [1.82, 2.24) is 0 Å². The second-order valence-electron chi connectivity index (χ2n) is 14.2. The van der Waals surface area contributed by atoms with Crippen LogP contribution < -0.4 is 0 Å². The van der Waals surface area contributed by atoms with Crippen LogP contribution in [0, 0.1) is 0 Å². The van der Waals surface area contributed by atoms with Crippen molar-refractivity contribution in [2.45, 2.75) is 216 Å². The van der Waals surface area contributed by atoms with Crippen LogP contribution in [0.4, 0.5) is 0 Å². The number of hydrogen-bond acceptors (Lipinski definition) is 8. The normalized spacial score (nSPS) is 27.8. The molecule has 0 spiro atoms. The number of aliphatic hydroxyl groups is 4. The predicted octanol–water partition coefficient (Wildman–Crippen LogP) is 6.83. The fourth-order valence-electron chi connectivity index (χ4n) is 7.27. The van der Waals surface area contributed by atoms with Crippen LogP contribution in [0.3, 0.4) is 0 Å². The van der Waals surface area contributed by atoms with Crippen molar-refractivity contribution in [3.63, 3.8) is 0 Å². The van der Waals surface area contributed by atoms with E-state index in [2.05, 4.69) is 6.92 Å². The SMILES string of the molecule is CCCCC(O)[C@@H](O)[C@@H]1CC[C@@H]([C@@H](O)CC[C@H](O)[C@@H]2CC[C@H](CCCCCCCCCCCCCCC3=C[C@H](C)OC3=O)O2)O1. The van der Waals surface area contributed by atoms with Gasteiger partial charge in [-0.3, -0.25) is 0 Å². The molecule has 3 rings (SSSR count). The van der Waals surface area contributed by atoms with E-state index in [1.807, 2.05) is 13.0 Å². The van der Waals surface area contributed by atoms with Crippen molar-refractivity contribution in [3.05, 3.63) is 11.6 Å². The molecule has 3 heterocycles. The van der Waals surface area contributed by atoms with Crippen molar-refractivity contribution >= 4 is 5.97 Å². The average molecular weight is 639 g/mol. The van der Waals surface area contributed by atoms with Crippen LogP contribution in [0.5, 0.6) is 0 Å². The summed E-state index contributed by atoms with van der Waals surface area (Å²) in [6, 6.07) is 0. The zero-order chi connectivity index (χ0) is 32.4. The van der Waals surface area contributed by atoms with E-state index in [0.29, 0.717) is 32.1 Å². The molecule has 0 radical (unpaired) electrons. The Balaban J connectivity index is 1.11. The van der Waals surface area contributed by atoms with Crippen molar-refractivity contribution in [1.29, 1.82) is 0 Å². The summed E-state index contributed by atoms with van der Waals surface area (Å²) in [6.45, 7) is 3.97. The molecule has 3 aliphatic heterocycles. The molecule has 45 heavy (non-hydrogen) atoms. The van der Waals surface area contributed by atoms with E-state index in [0.717, 1.165) is 50.5 Å². The van der Waals surface area contributed by atoms with Gasteiger partial charge in [0.05, 0.1) is 42.7 Å². The third kappa shape index (κ3) is 14.3. The van der Waals surface area contributed by atoms with Gasteiger partial charge in [0.25, 0.3) is 0 Å². The molecule has 2 fully saturated rings. The van der Waals surface area contributed by atoms with Gasteiger partial charge in [0.2, 0.25) is 0 Å². The van der Waals surface area contributed by atoms with Crippen LogP contribution in [0.15, 0.2) is 11.6 Å². The Labute approximate surface area is 273 Å². The maximum absolute atomic E-state index is 11.6. The summed E-state index contributed by atoms with van der Waals surface area (Å²) in [5.41, 5.74) is 0.869. The van der Waals surface area contributed by atoms with Gasteiger partial charge in [-0.15, -0.1) is 0 Å². The average Bonchev–Trinajstić information content (AvgIpc) is 3.78. The lowest BCUT2D eigenvalue weighted by atomic mass is 9.98. The zero-order valence-electron chi connectivity index (χ0n) is 28.5. The predicted molar refractivity (Wildman–Crippen MR) is 177 cm³/mol. The molecular formula is C37H66O8. The topological polar surface area (TPSA) is 126 Å². The molecule has 4 N–H and O–H groups in total. The van der Waals surface area contributed by atoms with E-state index < -0.39 is 30.5 Å². The first-order chi connectivity index (χ1) is 21.8. The number of ether oxygens (including phenoxy) is 3. The Morgan fingerprint density at radius 3 is 1.80 bits per heavy atom. The number of carbonyl (C=O) groups excluding carboxylic acids is 1. The maximum Gasteiger partial charge on any atom is 0.334 e. The van der Waals surface area contributed by atoms with Crippen LogP contribution >= 0.6 is 0 Å². The van der Waals surface area contributed by atoms with E-state index in [-0.39, 0.29) is 30.4 Å². The highest BCUT2D eigenvalue weighted by Crippen LogP contribution is 2.31. The molecule has 8 nitrogen and oxygen atoms in total. The van der Waals surface area contributed by atoms with Crippen LogP contribution in [-0.2, 0) is 19.0 Å². The minimum atomic E-state index is -0.916. The molecule has 262 valence electrons. The van der Waals surface area contributed by atoms with E-state index >= 15 is 0 Å². The molecule has 0 amide bonds. The van der Waals surface area contributed by atoms with E-state index in [4.69, 9.17) is 14.2 Å². The Hall–Kier alpha value is -1.03. The number of esters is 1. The molecule has 0 aromatic carbocycles. The Morgan fingerprint density at radius 2 is 1.22 bits per heavy atom. The van der Waals surface area contributed by atoms with Crippen molar-refractivity contribution in [3.8, 4) is 0 Å². The third-order valence-corrected chi connectivity index (χ3v) is 10.2. The quantitative estimate of drug-likeness (QED) is 0.0634. The highest BCUT2D eigenvalue weighted by atomic mass is 16.5. The number of rotatable bonds is 25. The molecule has 0 bridgehead atoms. The minimum absolute atomic E-state index is 0.0479. The number of carbonyl (C=O) groups is 1. The summed E-state index contributed by atoms with van der Waals surface area (Å²) in [5, 5.41) is 42.0. The minimum Gasteiger partial charge on any atom is -0.455 e. The van der Waals surface area contributed by atoms with Gasteiger partial charge in [-0.1, -0.05) is 90.4 Å². The lowest BCUT2D eigenvalue weighted by Crippen LogP contribution is -2.39. The first-order valence-electron chi connectivity index (χ1n) is 18.7. The highest BCUT2D eigenvalue weighted by molar-refractivity contribution is 5.90. The first-order valence-corrected chi connectivity index (χ1v) is 18.7. The van der Waals surface area contributed by atoms with Gasteiger partial charge in [-0.2, -0.15) is 0 Å². The second-order valence-corrected chi connectivity index (χ2v) is 14.2. The molecular weight excluding hydrogens is 572 g/mol. The van der Waals surface area contributed by atoms with Gasteiger partial charge in [0, 0.05) is 5.57 Å².